The lowest BCUT2D eigenvalue weighted by atomic mass is 9.85. The number of rotatable bonds is 10. The normalized spacial score (nSPS) is 22.4. The lowest BCUT2D eigenvalue weighted by molar-refractivity contribution is -0.146. The number of aromatic nitrogens is 1. The molecular formula is C38H46N4O8. The molecule has 2 heterocycles. The maximum Gasteiger partial charge on any atom is 0.408 e. The molecule has 50 heavy (non-hydrogen) atoms. The molecule has 1 aromatic heterocycles. The molecule has 12 heteroatoms. The third kappa shape index (κ3) is 7.75. The number of ether oxygens (including phenoxy) is 2. The van der Waals surface area contributed by atoms with Crippen molar-refractivity contribution >= 4 is 34.8 Å². The number of carboxylic acids is 1. The molecule has 1 saturated carbocycles. The van der Waals surface area contributed by atoms with Crippen LogP contribution in [0.25, 0.3) is 22.2 Å². The molecule has 1 saturated heterocycles. The zero-order valence-electron chi connectivity index (χ0n) is 29.4. The predicted octanol–water partition coefficient (Wildman–Crippen LogP) is 4.83. The number of aliphatic hydroxyl groups is 1. The summed E-state index contributed by atoms with van der Waals surface area (Å²) in [5, 5.41) is 25.9. The monoisotopic (exact) mass is 686 g/mol. The van der Waals surface area contributed by atoms with E-state index in [9.17, 15) is 29.4 Å². The van der Waals surface area contributed by atoms with E-state index in [2.05, 4.69) is 17.2 Å². The van der Waals surface area contributed by atoms with Crippen LogP contribution in [0, 0.1) is 11.3 Å². The number of alkyl carbamates (subject to hydrolysis) is 1. The Labute approximate surface area is 291 Å². The van der Waals surface area contributed by atoms with Crippen molar-refractivity contribution in [3.8, 4) is 17.0 Å². The summed E-state index contributed by atoms with van der Waals surface area (Å²) in [4.78, 5) is 59.8. The first-order valence-electron chi connectivity index (χ1n) is 16.7. The van der Waals surface area contributed by atoms with Crippen LogP contribution in [0.2, 0.25) is 0 Å². The van der Waals surface area contributed by atoms with Gasteiger partial charge in [-0.2, -0.15) is 0 Å². The highest BCUT2D eigenvalue weighted by Crippen LogP contribution is 2.45. The van der Waals surface area contributed by atoms with E-state index in [-0.39, 0.29) is 26.0 Å². The number of carbonyl (C=O) groups excluding carboxylic acids is 3. The minimum absolute atomic E-state index is 0.0241. The lowest BCUT2D eigenvalue weighted by Crippen LogP contribution is -2.59. The fourth-order valence-corrected chi connectivity index (χ4v) is 6.31. The van der Waals surface area contributed by atoms with Gasteiger partial charge in [-0.15, -0.1) is 6.58 Å². The Morgan fingerprint density at radius 1 is 1.08 bits per heavy atom. The molecule has 0 spiro atoms. The number of hydrogen-bond acceptors (Lipinski definition) is 8. The summed E-state index contributed by atoms with van der Waals surface area (Å²) >= 11 is 0. The molecule has 4 N–H and O–H groups in total. The van der Waals surface area contributed by atoms with Crippen LogP contribution in [0.4, 0.5) is 4.79 Å². The van der Waals surface area contributed by atoms with Crippen molar-refractivity contribution in [2.75, 3.05) is 6.54 Å². The Kier molecular flexibility index (Phi) is 9.98. The topological polar surface area (TPSA) is 167 Å². The van der Waals surface area contributed by atoms with Gasteiger partial charge in [-0.05, 0) is 50.3 Å². The van der Waals surface area contributed by atoms with Gasteiger partial charge in [-0.1, -0.05) is 63.2 Å². The van der Waals surface area contributed by atoms with Gasteiger partial charge in [0.25, 0.3) is 0 Å². The van der Waals surface area contributed by atoms with E-state index in [1.54, 1.807) is 65.8 Å². The number of aliphatic hydroxyl groups excluding tert-OH is 1. The van der Waals surface area contributed by atoms with Crippen molar-refractivity contribution in [1.82, 2.24) is 20.5 Å². The van der Waals surface area contributed by atoms with Gasteiger partial charge < -0.3 is 35.2 Å². The summed E-state index contributed by atoms with van der Waals surface area (Å²) in [7, 11) is 0. The second-order valence-electron chi connectivity index (χ2n) is 15.1. The number of nitrogens with zero attached hydrogens (tertiary/aromatic N) is 2. The Hall–Kier alpha value is -4.97. The maximum atomic E-state index is 14.4. The minimum Gasteiger partial charge on any atom is -0.488 e. The molecule has 1 aliphatic carbocycles. The molecule has 0 unspecified atom stereocenters. The third-order valence-electron chi connectivity index (χ3n) is 9.03. The van der Waals surface area contributed by atoms with Crippen LogP contribution >= 0.6 is 0 Å². The van der Waals surface area contributed by atoms with E-state index >= 15 is 0 Å². The number of nitrogens with one attached hydrogen (secondary N) is 2. The number of benzene rings is 2. The summed E-state index contributed by atoms with van der Waals surface area (Å²) in [6.45, 7) is 14.0. The fourth-order valence-electron chi connectivity index (χ4n) is 6.31. The van der Waals surface area contributed by atoms with Gasteiger partial charge in [0.15, 0.2) is 0 Å². The van der Waals surface area contributed by atoms with E-state index in [0.717, 1.165) is 5.56 Å². The van der Waals surface area contributed by atoms with Gasteiger partial charge in [0.05, 0.1) is 24.4 Å². The molecule has 12 nitrogen and oxygen atoms in total. The van der Waals surface area contributed by atoms with Gasteiger partial charge in [0, 0.05) is 29.4 Å². The van der Waals surface area contributed by atoms with Crippen molar-refractivity contribution in [2.24, 2.45) is 11.3 Å². The van der Waals surface area contributed by atoms with Crippen molar-refractivity contribution in [1.29, 1.82) is 0 Å². The molecule has 1 aliphatic heterocycles. The number of hydrogen-bond donors (Lipinski definition) is 4. The molecule has 5 atom stereocenters. The van der Waals surface area contributed by atoms with Gasteiger partial charge >= 0.3 is 12.1 Å². The number of amides is 3. The van der Waals surface area contributed by atoms with Crippen LogP contribution in [0.1, 0.15) is 59.9 Å². The number of pyridine rings is 1. The van der Waals surface area contributed by atoms with Crippen molar-refractivity contribution in [2.45, 2.75) is 90.3 Å². The van der Waals surface area contributed by atoms with Crippen molar-refractivity contribution in [3.05, 3.63) is 72.8 Å². The molecule has 0 bridgehead atoms. The predicted molar refractivity (Wildman–Crippen MR) is 187 cm³/mol. The van der Waals surface area contributed by atoms with Crippen LogP contribution in [0.15, 0.2) is 67.3 Å². The highest BCUT2D eigenvalue weighted by Gasteiger charge is 2.61. The average Bonchev–Trinajstić information content (AvgIpc) is 3.61. The number of aliphatic carboxylic acids is 1. The molecule has 3 aromatic rings. The quantitative estimate of drug-likeness (QED) is 0.219. The SMILES string of the molecule is C=C[C@@H]1C[C@]1(NC(=O)[C@@H]1C[C@@H](Oc2cc(-c3ccccc3)nc3cc(CO)ccc23)CN1C(=O)[C@@H](NC(=O)OC(C)(C)C)C(C)(C)C)C(=O)O. The number of likely N-dealkylation sites (tertiary alicyclic amines) is 1. The highest BCUT2D eigenvalue weighted by molar-refractivity contribution is 5.96. The third-order valence-corrected chi connectivity index (χ3v) is 9.03. The number of fused-ring (bicyclic) bond motifs is 1. The second-order valence-corrected chi connectivity index (χ2v) is 15.1. The van der Waals surface area contributed by atoms with Crippen LogP contribution in [-0.4, -0.2) is 79.8 Å². The molecule has 266 valence electrons. The van der Waals surface area contributed by atoms with Crippen LogP contribution in [0.5, 0.6) is 5.75 Å². The van der Waals surface area contributed by atoms with Crippen LogP contribution < -0.4 is 15.4 Å². The van der Waals surface area contributed by atoms with Gasteiger partial charge in [0.1, 0.15) is 35.1 Å². The van der Waals surface area contributed by atoms with Crippen LogP contribution in [-0.2, 0) is 25.7 Å². The summed E-state index contributed by atoms with van der Waals surface area (Å²) in [5.74, 6) is -2.35. The average molecular weight is 687 g/mol. The molecule has 2 aromatic carbocycles. The second kappa shape index (κ2) is 13.7. The molecule has 3 amide bonds. The summed E-state index contributed by atoms with van der Waals surface area (Å²) in [6.07, 6.45) is 0.256. The standard InChI is InChI=1S/C38H46N4O8/c1-8-24-19-38(24,34(46)47)41-32(44)29-17-25(20-42(29)33(45)31(36(2,3)4)40-35(48)50-37(5,6)7)49-30-18-27(23-12-10-9-11-13-23)39-28-16-22(21-43)14-15-26(28)30/h8-16,18,24-25,29,31,43H,1,17,19-21H2,2-7H3,(H,40,48)(H,41,44)(H,46,47)/t24-,25-,29+,31-,38-/m1/s1. The van der Waals surface area contributed by atoms with E-state index in [4.69, 9.17) is 14.5 Å². The van der Waals surface area contributed by atoms with Crippen LogP contribution in [0.3, 0.4) is 0 Å². The van der Waals surface area contributed by atoms with E-state index in [0.29, 0.717) is 27.9 Å². The number of carbonyl (C=O) groups is 4. The molecule has 0 radical (unpaired) electrons. The van der Waals surface area contributed by atoms with E-state index in [1.165, 1.54) is 11.0 Å². The maximum absolute atomic E-state index is 14.4. The fraction of sp³-hybridized carbons (Fsp3) is 0.447. The van der Waals surface area contributed by atoms with Gasteiger partial charge in [0.2, 0.25) is 11.8 Å². The lowest BCUT2D eigenvalue weighted by Gasteiger charge is -2.35. The van der Waals surface area contributed by atoms with Crippen molar-refractivity contribution in [3.63, 3.8) is 0 Å². The minimum atomic E-state index is -1.51. The van der Waals surface area contributed by atoms with Gasteiger partial charge in [-0.25, -0.2) is 14.6 Å². The Morgan fingerprint density at radius 3 is 2.36 bits per heavy atom. The Balaban J connectivity index is 1.51. The molecule has 2 fully saturated rings. The number of carboxylic acid groups (broad SMARTS) is 1. The van der Waals surface area contributed by atoms with Crippen molar-refractivity contribution < 1.29 is 38.9 Å². The molecule has 2 aliphatic rings. The zero-order chi connectivity index (χ0) is 36.6. The van der Waals surface area contributed by atoms with Gasteiger partial charge in [-0.3, -0.25) is 9.59 Å². The summed E-state index contributed by atoms with van der Waals surface area (Å²) < 4.78 is 12.1. The van der Waals surface area contributed by atoms with E-state index < -0.39 is 64.5 Å². The first-order valence-corrected chi connectivity index (χ1v) is 16.7. The zero-order valence-corrected chi connectivity index (χ0v) is 29.4. The van der Waals surface area contributed by atoms with E-state index in [1.807, 2.05) is 30.3 Å². The highest BCUT2D eigenvalue weighted by atomic mass is 16.6. The molecule has 5 rings (SSSR count). The summed E-state index contributed by atoms with van der Waals surface area (Å²) in [6, 6.07) is 14.5. The first-order chi connectivity index (χ1) is 23.5. The smallest absolute Gasteiger partial charge is 0.408 e. The Morgan fingerprint density at radius 2 is 1.78 bits per heavy atom. The Bertz CT molecular complexity index is 1800. The summed E-state index contributed by atoms with van der Waals surface area (Å²) in [5.41, 5.74) is -0.383. The molecular weight excluding hydrogens is 640 g/mol. The largest absolute Gasteiger partial charge is 0.488 e. The first kappa shape index (κ1) is 36.3.